The van der Waals surface area contributed by atoms with E-state index in [4.69, 9.17) is 22.1 Å². The van der Waals surface area contributed by atoms with Crippen molar-refractivity contribution in [2.45, 2.75) is 13.2 Å². The predicted molar refractivity (Wildman–Crippen MR) is 85.4 cm³/mol. The molecule has 0 spiro atoms. The molecule has 2 aromatic carbocycles. The summed E-state index contributed by atoms with van der Waals surface area (Å²) >= 11 is 6.20. The highest BCUT2D eigenvalue weighted by molar-refractivity contribution is 6.32. The first-order valence-electron chi connectivity index (χ1n) is 6.72. The van der Waals surface area contributed by atoms with Crippen LogP contribution in [0.4, 0.5) is 0 Å². The molecule has 0 aliphatic carbocycles. The third-order valence-electron chi connectivity index (χ3n) is 3.33. The zero-order chi connectivity index (χ0) is 14.7. The molecule has 3 nitrogen and oxygen atoms in total. The Morgan fingerprint density at radius 1 is 1.10 bits per heavy atom. The van der Waals surface area contributed by atoms with Gasteiger partial charge >= 0.3 is 0 Å². The Morgan fingerprint density at radius 2 is 1.95 bits per heavy atom. The molecule has 2 N–H and O–H groups in total. The first-order chi connectivity index (χ1) is 10.3. The molecule has 0 radical (unpaired) electrons. The van der Waals surface area contributed by atoms with Crippen LogP contribution in [-0.4, -0.2) is 4.98 Å². The van der Waals surface area contributed by atoms with Gasteiger partial charge < -0.3 is 10.5 Å². The second kappa shape index (κ2) is 6.12. The van der Waals surface area contributed by atoms with E-state index in [0.29, 0.717) is 23.9 Å². The molecule has 106 valence electrons. The van der Waals surface area contributed by atoms with Crippen LogP contribution in [0, 0.1) is 0 Å². The lowest BCUT2D eigenvalue weighted by Crippen LogP contribution is -2.00. The largest absolute Gasteiger partial charge is 0.487 e. The quantitative estimate of drug-likeness (QED) is 0.794. The van der Waals surface area contributed by atoms with Crippen LogP contribution >= 0.6 is 11.6 Å². The average molecular weight is 299 g/mol. The maximum absolute atomic E-state index is 6.20. The van der Waals surface area contributed by atoms with E-state index < -0.39 is 0 Å². The Hall–Kier alpha value is -2.10. The molecular weight excluding hydrogens is 284 g/mol. The zero-order valence-corrected chi connectivity index (χ0v) is 12.2. The van der Waals surface area contributed by atoms with Crippen LogP contribution in [0.15, 0.2) is 54.7 Å². The SMILES string of the molecule is NCc1ccc(OCc2cccc3cccnc23)c(Cl)c1. The number of pyridine rings is 1. The summed E-state index contributed by atoms with van der Waals surface area (Å²) in [5.74, 6) is 0.654. The van der Waals surface area contributed by atoms with Gasteiger partial charge in [0.05, 0.1) is 10.5 Å². The van der Waals surface area contributed by atoms with E-state index in [9.17, 15) is 0 Å². The fourth-order valence-corrected chi connectivity index (χ4v) is 2.49. The standard InChI is InChI=1S/C17H15ClN2O/c18-15-9-12(10-19)6-7-16(15)21-11-14-4-1-3-13-5-2-8-20-17(13)14/h1-9H,10-11,19H2. The molecule has 0 atom stereocenters. The Labute approximate surface area is 128 Å². The number of halogens is 1. The van der Waals surface area contributed by atoms with Gasteiger partial charge in [0.1, 0.15) is 12.4 Å². The molecule has 21 heavy (non-hydrogen) atoms. The molecule has 1 heterocycles. The minimum absolute atomic E-state index is 0.427. The minimum Gasteiger partial charge on any atom is -0.487 e. The third kappa shape index (κ3) is 2.99. The number of rotatable bonds is 4. The van der Waals surface area contributed by atoms with Crippen molar-refractivity contribution in [3.05, 3.63) is 70.9 Å². The molecule has 1 aromatic heterocycles. The molecule has 0 unspecified atom stereocenters. The number of nitrogens with zero attached hydrogens (tertiary/aromatic N) is 1. The Kier molecular flexibility index (Phi) is 4.04. The summed E-state index contributed by atoms with van der Waals surface area (Å²) in [5.41, 5.74) is 8.56. The normalized spacial score (nSPS) is 10.8. The highest BCUT2D eigenvalue weighted by Crippen LogP contribution is 2.27. The topological polar surface area (TPSA) is 48.1 Å². The Balaban J connectivity index is 1.84. The van der Waals surface area contributed by atoms with Crippen LogP contribution in [0.2, 0.25) is 5.02 Å². The van der Waals surface area contributed by atoms with Crippen LogP contribution in [0.5, 0.6) is 5.75 Å². The van der Waals surface area contributed by atoms with E-state index in [2.05, 4.69) is 4.98 Å². The van der Waals surface area contributed by atoms with Crippen molar-refractivity contribution in [2.24, 2.45) is 5.73 Å². The van der Waals surface area contributed by atoms with E-state index in [0.717, 1.165) is 22.0 Å². The van der Waals surface area contributed by atoms with Gasteiger partial charge in [-0.05, 0) is 23.8 Å². The molecule has 0 saturated heterocycles. The summed E-state index contributed by atoms with van der Waals surface area (Å²) in [7, 11) is 0. The van der Waals surface area contributed by atoms with E-state index in [1.807, 2.05) is 48.5 Å². The molecule has 0 fully saturated rings. The zero-order valence-electron chi connectivity index (χ0n) is 11.4. The van der Waals surface area contributed by atoms with E-state index in [-0.39, 0.29) is 0 Å². The molecule has 0 aliphatic rings. The van der Waals surface area contributed by atoms with Crippen LogP contribution in [0.25, 0.3) is 10.9 Å². The van der Waals surface area contributed by atoms with Gasteiger partial charge in [0.2, 0.25) is 0 Å². The maximum Gasteiger partial charge on any atom is 0.138 e. The van der Waals surface area contributed by atoms with Crippen LogP contribution < -0.4 is 10.5 Å². The first-order valence-corrected chi connectivity index (χ1v) is 7.09. The molecule has 0 aliphatic heterocycles. The van der Waals surface area contributed by atoms with Gasteiger partial charge in [-0.2, -0.15) is 0 Å². The van der Waals surface area contributed by atoms with Crippen molar-refractivity contribution >= 4 is 22.5 Å². The molecule has 0 amide bonds. The van der Waals surface area contributed by atoms with Crippen molar-refractivity contribution in [1.29, 1.82) is 0 Å². The summed E-state index contributed by atoms with van der Waals surface area (Å²) in [6.45, 7) is 0.892. The summed E-state index contributed by atoms with van der Waals surface area (Å²) in [5, 5.41) is 1.68. The number of hydrogen-bond donors (Lipinski definition) is 1. The monoisotopic (exact) mass is 298 g/mol. The fraction of sp³-hybridized carbons (Fsp3) is 0.118. The fourth-order valence-electron chi connectivity index (χ4n) is 2.23. The second-order valence-corrected chi connectivity index (χ2v) is 5.16. The van der Waals surface area contributed by atoms with Crippen molar-refractivity contribution in [3.8, 4) is 5.75 Å². The number of ether oxygens (including phenoxy) is 1. The number of para-hydroxylation sites is 1. The lowest BCUT2D eigenvalue weighted by Gasteiger charge is -2.10. The summed E-state index contributed by atoms with van der Waals surface area (Å²) < 4.78 is 5.82. The van der Waals surface area contributed by atoms with Crippen molar-refractivity contribution in [3.63, 3.8) is 0 Å². The lowest BCUT2D eigenvalue weighted by molar-refractivity contribution is 0.307. The smallest absolute Gasteiger partial charge is 0.138 e. The van der Waals surface area contributed by atoms with E-state index in [1.54, 1.807) is 6.20 Å². The highest BCUT2D eigenvalue weighted by Gasteiger charge is 2.06. The molecular formula is C17H15ClN2O. The minimum atomic E-state index is 0.427. The van der Waals surface area contributed by atoms with Crippen molar-refractivity contribution in [2.75, 3.05) is 0 Å². The van der Waals surface area contributed by atoms with Gasteiger partial charge in [0.15, 0.2) is 0 Å². The predicted octanol–water partition coefficient (Wildman–Crippen LogP) is 3.93. The van der Waals surface area contributed by atoms with Crippen molar-refractivity contribution < 1.29 is 4.74 Å². The first kappa shape index (κ1) is 13.9. The number of fused-ring (bicyclic) bond motifs is 1. The van der Waals surface area contributed by atoms with Gasteiger partial charge in [0, 0.05) is 23.7 Å². The van der Waals surface area contributed by atoms with Crippen molar-refractivity contribution in [1.82, 2.24) is 4.98 Å². The van der Waals surface area contributed by atoms with E-state index in [1.165, 1.54) is 0 Å². The summed E-state index contributed by atoms with van der Waals surface area (Å²) in [6.07, 6.45) is 1.79. The number of hydrogen-bond acceptors (Lipinski definition) is 3. The van der Waals surface area contributed by atoms with Crippen LogP contribution in [0.1, 0.15) is 11.1 Å². The van der Waals surface area contributed by atoms with Crippen LogP contribution in [-0.2, 0) is 13.2 Å². The summed E-state index contributed by atoms with van der Waals surface area (Å²) in [6, 6.07) is 15.6. The molecule has 4 heteroatoms. The maximum atomic E-state index is 6.20. The van der Waals surface area contributed by atoms with Gasteiger partial charge in [-0.1, -0.05) is 41.9 Å². The molecule has 0 bridgehead atoms. The van der Waals surface area contributed by atoms with Gasteiger partial charge in [-0.25, -0.2) is 0 Å². The third-order valence-corrected chi connectivity index (χ3v) is 3.63. The van der Waals surface area contributed by atoms with Crippen LogP contribution in [0.3, 0.4) is 0 Å². The summed E-state index contributed by atoms with van der Waals surface area (Å²) in [4.78, 5) is 4.41. The second-order valence-electron chi connectivity index (χ2n) is 4.75. The lowest BCUT2D eigenvalue weighted by atomic mass is 10.1. The molecule has 3 rings (SSSR count). The van der Waals surface area contributed by atoms with E-state index >= 15 is 0 Å². The molecule has 0 saturated carbocycles. The highest BCUT2D eigenvalue weighted by atomic mass is 35.5. The number of nitrogens with two attached hydrogens (primary N) is 1. The van der Waals surface area contributed by atoms with Gasteiger partial charge in [-0.3, -0.25) is 4.98 Å². The Bertz CT molecular complexity index is 768. The average Bonchev–Trinajstić information content (AvgIpc) is 2.53. The number of aromatic nitrogens is 1. The Morgan fingerprint density at radius 3 is 2.76 bits per heavy atom. The van der Waals surface area contributed by atoms with Gasteiger partial charge in [-0.15, -0.1) is 0 Å². The molecule has 3 aromatic rings. The van der Waals surface area contributed by atoms with Gasteiger partial charge in [0.25, 0.3) is 0 Å². The number of benzene rings is 2.